The van der Waals surface area contributed by atoms with E-state index in [-0.39, 0.29) is 5.78 Å². The zero-order valence-corrected chi connectivity index (χ0v) is 21.6. The molecule has 0 radical (unpaired) electrons. The predicted octanol–water partition coefficient (Wildman–Crippen LogP) is 9.18. The molecule has 6 rings (SSSR count). The summed E-state index contributed by atoms with van der Waals surface area (Å²) in [6, 6.07) is 37.1. The SMILES string of the molecule is CO/C(C)=C(\C(C)=O)c1ccc(N(c2ccccc2)c2ccc3c(c2)oc2ccccc23)c2ccccc12. The minimum atomic E-state index is -0.0301. The molecule has 0 aliphatic rings. The molecular formula is C34H27NO3. The number of fused-ring (bicyclic) bond motifs is 4. The Hall–Kier alpha value is -4.83. The maximum Gasteiger partial charge on any atom is 0.163 e. The first-order valence-corrected chi connectivity index (χ1v) is 12.6. The van der Waals surface area contributed by atoms with Gasteiger partial charge in [-0.3, -0.25) is 4.79 Å². The summed E-state index contributed by atoms with van der Waals surface area (Å²) in [7, 11) is 1.60. The van der Waals surface area contributed by atoms with Crippen molar-refractivity contribution in [2.45, 2.75) is 13.8 Å². The van der Waals surface area contributed by atoms with E-state index in [1.165, 1.54) is 0 Å². The van der Waals surface area contributed by atoms with Gasteiger partial charge in [0.2, 0.25) is 0 Å². The van der Waals surface area contributed by atoms with Crippen molar-refractivity contribution < 1.29 is 13.9 Å². The van der Waals surface area contributed by atoms with Crippen molar-refractivity contribution in [3.05, 3.63) is 121 Å². The molecule has 0 saturated carbocycles. The lowest BCUT2D eigenvalue weighted by Gasteiger charge is -2.27. The topological polar surface area (TPSA) is 42.7 Å². The summed E-state index contributed by atoms with van der Waals surface area (Å²) in [5.41, 5.74) is 6.17. The van der Waals surface area contributed by atoms with Gasteiger partial charge < -0.3 is 14.1 Å². The fraction of sp³-hybridized carbons (Fsp3) is 0.0882. The second-order valence-corrected chi connectivity index (χ2v) is 9.32. The first kappa shape index (κ1) is 23.6. The number of furan rings is 1. The van der Waals surface area contributed by atoms with Gasteiger partial charge in [-0.1, -0.05) is 66.7 Å². The largest absolute Gasteiger partial charge is 0.501 e. The Bertz CT molecular complexity index is 1850. The summed E-state index contributed by atoms with van der Waals surface area (Å²) in [4.78, 5) is 14.9. The van der Waals surface area contributed by atoms with Crippen LogP contribution in [0.2, 0.25) is 0 Å². The summed E-state index contributed by atoms with van der Waals surface area (Å²) in [6.07, 6.45) is 0. The fourth-order valence-electron chi connectivity index (χ4n) is 5.28. The lowest BCUT2D eigenvalue weighted by molar-refractivity contribution is -0.111. The smallest absolute Gasteiger partial charge is 0.163 e. The van der Waals surface area contributed by atoms with E-state index < -0.39 is 0 Å². The first-order chi connectivity index (χ1) is 18.6. The number of methoxy groups -OCH3 is 1. The maximum atomic E-state index is 12.7. The minimum absolute atomic E-state index is 0.0301. The van der Waals surface area contributed by atoms with Crippen LogP contribution in [0.4, 0.5) is 17.1 Å². The fourth-order valence-corrected chi connectivity index (χ4v) is 5.28. The van der Waals surface area contributed by atoms with Gasteiger partial charge in [0.05, 0.1) is 18.4 Å². The van der Waals surface area contributed by atoms with Crippen LogP contribution in [0.15, 0.2) is 119 Å². The van der Waals surface area contributed by atoms with Gasteiger partial charge in [0.25, 0.3) is 0 Å². The van der Waals surface area contributed by atoms with E-state index in [0.717, 1.165) is 55.3 Å². The van der Waals surface area contributed by atoms with Gasteiger partial charge in [-0.2, -0.15) is 0 Å². The summed E-state index contributed by atoms with van der Waals surface area (Å²) in [5.74, 6) is 0.572. The molecule has 0 amide bonds. The number of carbonyl (C=O) groups is 1. The number of carbonyl (C=O) groups excluding carboxylic acids is 1. The molecule has 0 atom stereocenters. The number of benzene rings is 5. The van der Waals surface area contributed by atoms with Crippen LogP contribution in [0.3, 0.4) is 0 Å². The van der Waals surface area contributed by atoms with Crippen LogP contribution in [0.25, 0.3) is 38.3 Å². The Kier molecular flexibility index (Phi) is 5.93. The molecule has 186 valence electrons. The van der Waals surface area contributed by atoms with Crippen molar-refractivity contribution in [1.82, 2.24) is 0 Å². The molecule has 0 fully saturated rings. The van der Waals surface area contributed by atoms with Gasteiger partial charge in [-0.05, 0) is 61.2 Å². The molecule has 0 N–H and O–H groups in total. The van der Waals surface area contributed by atoms with Gasteiger partial charge >= 0.3 is 0 Å². The maximum absolute atomic E-state index is 12.7. The third kappa shape index (κ3) is 3.91. The highest BCUT2D eigenvalue weighted by Gasteiger charge is 2.21. The molecule has 6 aromatic rings. The zero-order valence-electron chi connectivity index (χ0n) is 21.6. The van der Waals surface area contributed by atoms with Crippen LogP contribution in [-0.2, 0) is 9.53 Å². The number of hydrogen-bond donors (Lipinski definition) is 0. The van der Waals surface area contributed by atoms with Gasteiger partial charge in [-0.15, -0.1) is 0 Å². The third-order valence-electron chi connectivity index (χ3n) is 7.06. The van der Waals surface area contributed by atoms with Crippen LogP contribution in [-0.4, -0.2) is 12.9 Å². The highest BCUT2D eigenvalue weighted by Crippen LogP contribution is 2.43. The van der Waals surface area contributed by atoms with Gasteiger partial charge in [0.15, 0.2) is 5.78 Å². The van der Waals surface area contributed by atoms with Crippen LogP contribution < -0.4 is 4.90 Å². The zero-order chi connectivity index (χ0) is 26.2. The number of ether oxygens (including phenoxy) is 1. The number of anilines is 3. The van der Waals surface area contributed by atoms with Crippen molar-refractivity contribution in [3.63, 3.8) is 0 Å². The molecule has 0 aliphatic carbocycles. The van der Waals surface area contributed by atoms with Gasteiger partial charge in [0.1, 0.15) is 16.9 Å². The average molecular weight is 498 g/mol. The average Bonchev–Trinajstić information content (AvgIpc) is 3.32. The Morgan fingerprint density at radius 3 is 2.05 bits per heavy atom. The molecule has 4 nitrogen and oxygen atoms in total. The Morgan fingerprint density at radius 2 is 1.32 bits per heavy atom. The van der Waals surface area contributed by atoms with E-state index in [1.807, 2.05) is 61.5 Å². The van der Waals surface area contributed by atoms with Crippen molar-refractivity contribution in [2.24, 2.45) is 0 Å². The van der Waals surface area contributed by atoms with Crippen LogP contribution in [0.5, 0.6) is 0 Å². The molecule has 0 bridgehead atoms. The lowest BCUT2D eigenvalue weighted by atomic mass is 9.93. The molecule has 38 heavy (non-hydrogen) atoms. The Balaban J connectivity index is 1.61. The number of para-hydroxylation sites is 2. The highest BCUT2D eigenvalue weighted by atomic mass is 16.5. The number of allylic oxidation sites excluding steroid dienone is 2. The van der Waals surface area contributed by atoms with Gasteiger partial charge in [0, 0.05) is 33.6 Å². The van der Waals surface area contributed by atoms with E-state index in [9.17, 15) is 4.79 Å². The number of nitrogens with zero attached hydrogens (tertiary/aromatic N) is 1. The number of ketones is 1. The second-order valence-electron chi connectivity index (χ2n) is 9.32. The van der Waals surface area contributed by atoms with Crippen molar-refractivity contribution in [3.8, 4) is 0 Å². The quantitative estimate of drug-likeness (QED) is 0.170. The first-order valence-electron chi connectivity index (χ1n) is 12.6. The minimum Gasteiger partial charge on any atom is -0.501 e. The normalized spacial score (nSPS) is 12.1. The monoisotopic (exact) mass is 497 g/mol. The van der Waals surface area contributed by atoms with E-state index in [2.05, 4.69) is 59.5 Å². The molecule has 5 aromatic carbocycles. The molecule has 4 heteroatoms. The molecular weight excluding hydrogens is 470 g/mol. The van der Waals surface area contributed by atoms with Crippen LogP contribution in [0.1, 0.15) is 19.4 Å². The standard InChI is InChI=1S/C34H27NO3/c1-22(36)34(23(2)37-3)30-19-20-31(27-14-8-7-13-26(27)30)35(24-11-5-4-6-12-24)25-17-18-29-28-15-9-10-16-32(28)38-33(29)21-25/h4-21H,1-3H3/b34-23+. The van der Waals surface area contributed by atoms with E-state index >= 15 is 0 Å². The molecule has 1 heterocycles. The summed E-state index contributed by atoms with van der Waals surface area (Å²) >= 11 is 0. The van der Waals surface area contributed by atoms with Gasteiger partial charge in [-0.25, -0.2) is 0 Å². The third-order valence-corrected chi connectivity index (χ3v) is 7.06. The van der Waals surface area contributed by atoms with E-state index in [1.54, 1.807) is 14.0 Å². The molecule has 0 aliphatic heterocycles. The molecule has 0 saturated heterocycles. The summed E-state index contributed by atoms with van der Waals surface area (Å²) in [6.45, 7) is 3.41. The van der Waals surface area contributed by atoms with E-state index in [0.29, 0.717) is 11.3 Å². The number of hydrogen-bond acceptors (Lipinski definition) is 4. The Morgan fingerprint density at radius 1 is 0.658 bits per heavy atom. The molecule has 0 spiro atoms. The number of Topliss-reactive ketones (excluding diaryl/α,β-unsaturated/α-hetero) is 1. The van der Waals surface area contributed by atoms with Crippen molar-refractivity contribution in [1.29, 1.82) is 0 Å². The highest BCUT2D eigenvalue weighted by molar-refractivity contribution is 6.24. The lowest BCUT2D eigenvalue weighted by Crippen LogP contribution is -2.11. The Labute approximate surface area is 221 Å². The summed E-state index contributed by atoms with van der Waals surface area (Å²) in [5, 5.41) is 4.20. The molecule has 0 unspecified atom stereocenters. The van der Waals surface area contributed by atoms with Crippen molar-refractivity contribution >= 4 is 61.1 Å². The van der Waals surface area contributed by atoms with Crippen molar-refractivity contribution in [2.75, 3.05) is 12.0 Å². The second kappa shape index (κ2) is 9.56. The van der Waals surface area contributed by atoms with E-state index in [4.69, 9.17) is 9.15 Å². The predicted molar refractivity (Wildman–Crippen MR) is 156 cm³/mol. The van der Waals surface area contributed by atoms with Crippen LogP contribution >= 0.6 is 0 Å². The molecule has 1 aromatic heterocycles. The number of rotatable bonds is 6. The van der Waals surface area contributed by atoms with Crippen LogP contribution in [0, 0.1) is 0 Å². The summed E-state index contributed by atoms with van der Waals surface area (Å²) < 4.78 is 11.7.